The highest BCUT2D eigenvalue weighted by Crippen LogP contribution is 2.37. The number of methoxy groups -OCH3 is 1. The van der Waals surface area contributed by atoms with Crippen molar-refractivity contribution in [2.45, 2.75) is 64.5 Å². The van der Waals surface area contributed by atoms with E-state index in [0.717, 1.165) is 50.0 Å². The van der Waals surface area contributed by atoms with Crippen LogP contribution in [0, 0.1) is 0 Å². The van der Waals surface area contributed by atoms with Crippen molar-refractivity contribution in [2.24, 2.45) is 0 Å². The van der Waals surface area contributed by atoms with Crippen molar-refractivity contribution in [3.05, 3.63) is 136 Å². The highest BCUT2D eigenvalue weighted by atomic mass is 16.6. The number of esters is 1. The summed E-state index contributed by atoms with van der Waals surface area (Å²) < 4.78 is 16.7. The Morgan fingerprint density at radius 2 is 1.42 bits per heavy atom. The fraction of sp³-hybridized carbons (Fsp3) is 0.375. The standard InChI is InChI=1S/C40H47NO4/c1-5-29-16-22-36-33(26-29)18-19-34-27-31(13-12-30-10-8-7-9-11-30)17-23-37(34)39(36)41(3)24-25-45-35-20-14-32(15-21-35)28-38(43-4)40(42)44-6-2/h7-11,14-17,20-23,26-27,38-39H,5-6,12-13,18-19,24-25,28H2,1-4H3. The summed E-state index contributed by atoms with van der Waals surface area (Å²) >= 11 is 0. The van der Waals surface area contributed by atoms with Crippen molar-refractivity contribution >= 4 is 5.97 Å². The van der Waals surface area contributed by atoms with Gasteiger partial charge < -0.3 is 14.2 Å². The van der Waals surface area contributed by atoms with E-state index in [9.17, 15) is 4.79 Å². The van der Waals surface area contributed by atoms with Crippen LogP contribution in [0.1, 0.15) is 64.4 Å². The van der Waals surface area contributed by atoms with E-state index in [2.05, 4.69) is 85.6 Å². The molecule has 5 rings (SSSR count). The second-order valence-corrected chi connectivity index (χ2v) is 12.0. The second kappa shape index (κ2) is 15.9. The number of carbonyl (C=O) groups excluding carboxylic acids is 1. The van der Waals surface area contributed by atoms with Crippen LogP contribution in [0.2, 0.25) is 0 Å². The Balaban J connectivity index is 1.28. The van der Waals surface area contributed by atoms with E-state index in [0.29, 0.717) is 19.6 Å². The molecule has 1 aliphatic rings. The minimum absolute atomic E-state index is 0.173. The first-order valence-corrected chi connectivity index (χ1v) is 16.4. The van der Waals surface area contributed by atoms with Gasteiger partial charge in [0.25, 0.3) is 0 Å². The number of aryl methyl sites for hydroxylation is 5. The summed E-state index contributed by atoms with van der Waals surface area (Å²) in [5.74, 6) is 0.480. The number of carbonyl (C=O) groups is 1. The van der Waals surface area contributed by atoms with E-state index < -0.39 is 6.10 Å². The molecule has 0 aromatic heterocycles. The molecule has 0 saturated carbocycles. The third-order valence-electron chi connectivity index (χ3n) is 8.95. The number of likely N-dealkylation sites (N-methyl/N-ethyl adjacent to an activating group) is 1. The largest absolute Gasteiger partial charge is 0.492 e. The SMILES string of the molecule is CCOC(=O)C(Cc1ccc(OCCN(C)C2c3ccc(CC)cc3CCc3cc(CCc4ccccc4)ccc32)cc1)OC. The third-order valence-corrected chi connectivity index (χ3v) is 8.95. The summed E-state index contributed by atoms with van der Waals surface area (Å²) in [6, 6.07) is 33.1. The van der Waals surface area contributed by atoms with Gasteiger partial charge in [-0.2, -0.15) is 0 Å². The summed E-state index contributed by atoms with van der Waals surface area (Å²) in [6.45, 7) is 5.73. The first-order valence-electron chi connectivity index (χ1n) is 16.4. The average Bonchev–Trinajstić information content (AvgIpc) is 3.23. The van der Waals surface area contributed by atoms with Crippen LogP contribution in [0.15, 0.2) is 91.0 Å². The van der Waals surface area contributed by atoms with Crippen molar-refractivity contribution < 1.29 is 19.0 Å². The summed E-state index contributed by atoms with van der Waals surface area (Å²) in [5.41, 5.74) is 10.9. The highest BCUT2D eigenvalue weighted by molar-refractivity contribution is 5.75. The van der Waals surface area contributed by atoms with Crippen molar-refractivity contribution in [1.82, 2.24) is 4.90 Å². The smallest absolute Gasteiger partial charge is 0.335 e. The Morgan fingerprint density at radius 1 is 0.800 bits per heavy atom. The molecule has 0 radical (unpaired) electrons. The van der Waals surface area contributed by atoms with Crippen molar-refractivity contribution in [1.29, 1.82) is 0 Å². The predicted molar refractivity (Wildman–Crippen MR) is 181 cm³/mol. The molecular weight excluding hydrogens is 558 g/mol. The normalized spacial score (nSPS) is 14.7. The molecule has 0 fully saturated rings. The first kappa shape index (κ1) is 32.5. The minimum atomic E-state index is -0.607. The molecule has 2 unspecified atom stereocenters. The molecule has 0 saturated heterocycles. The molecule has 236 valence electrons. The van der Waals surface area contributed by atoms with Gasteiger partial charge in [-0.1, -0.05) is 85.8 Å². The van der Waals surface area contributed by atoms with Crippen molar-refractivity contribution in [3.8, 4) is 5.75 Å². The quantitative estimate of drug-likeness (QED) is 0.141. The van der Waals surface area contributed by atoms with E-state index in [-0.39, 0.29) is 12.0 Å². The van der Waals surface area contributed by atoms with Gasteiger partial charge in [-0.15, -0.1) is 0 Å². The van der Waals surface area contributed by atoms with Crippen LogP contribution in [0.4, 0.5) is 0 Å². The molecular formula is C40H47NO4. The van der Waals surface area contributed by atoms with Gasteiger partial charge in [0.15, 0.2) is 6.10 Å². The maximum absolute atomic E-state index is 12.1. The molecule has 4 aromatic carbocycles. The molecule has 2 atom stereocenters. The molecule has 5 nitrogen and oxygen atoms in total. The number of nitrogens with zero attached hydrogens (tertiary/aromatic N) is 1. The molecule has 45 heavy (non-hydrogen) atoms. The number of hydrogen-bond donors (Lipinski definition) is 0. The lowest BCUT2D eigenvalue weighted by molar-refractivity contribution is -0.154. The Hall–Kier alpha value is -3.93. The fourth-order valence-electron chi connectivity index (χ4n) is 6.38. The number of rotatable bonds is 14. The summed E-state index contributed by atoms with van der Waals surface area (Å²) in [6.07, 6.45) is 5.13. The maximum Gasteiger partial charge on any atom is 0.335 e. The van der Waals surface area contributed by atoms with Crippen LogP contribution >= 0.6 is 0 Å². The lowest BCUT2D eigenvalue weighted by Gasteiger charge is -2.31. The molecule has 4 aromatic rings. The zero-order valence-electron chi connectivity index (χ0n) is 27.3. The van der Waals surface area contributed by atoms with Gasteiger partial charge in [0, 0.05) is 20.1 Å². The number of hydrogen-bond acceptors (Lipinski definition) is 5. The summed E-state index contributed by atoms with van der Waals surface area (Å²) in [4.78, 5) is 14.6. The van der Waals surface area contributed by atoms with Gasteiger partial charge in [0.05, 0.1) is 12.6 Å². The zero-order chi connectivity index (χ0) is 31.6. The van der Waals surface area contributed by atoms with E-state index in [4.69, 9.17) is 14.2 Å². The van der Waals surface area contributed by atoms with Gasteiger partial charge in [0.2, 0.25) is 0 Å². The molecule has 0 amide bonds. The molecule has 0 heterocycles. The van der Waals surface area contributed by atoms with E-state index in [1.54, 1.807) is 6.92 Å². The molecule has 0 aliphatic heterocycles. The van der Waals surface area contributed by atoms with Gasteiger partial charge >= 0.3 is 5.97 Å². The predicted octanol–water partition coefficient (Wildman–Crippen LogP) is 7.35. The third kappa shape index (κ3) is 8.42. The second-order valence-electron chi connectivity index (χ2n) is 12.0. The Kier molecular flexibility index (Phi) is 11.5. The summed E-state index contributed by atoms with van der Waals surface area (Å²) in [5, 5.41) is 0. The zero-order valence-corrected chi connectivity index (χ0v) is 27.3. The number of fused-ring (bicyclic) bond motifs is 2. The lowest BCUT2D eigenvalue weighted by atomic mass is 9.91. The molecule has 0 N–H and O–H groups in total. The van der Waals surface area contributed by atoms with E-state index >= 15 is 0 Å². The van der Waals surface area contributed by atoms with Crippen LogP contribution in [-0.2, 0) is 52.8 Å². The Labute approximate surface area is 269 Å². The number of ether oxygens (including phenoxy) is 3. The molecule has 0 spiro atoms. The van der Waals surface area contributed by atoms with Crippen LogP contribution in [-0.4, -0.2) is 50.9 Å². The van der Waals surface area contributed by atoms with Gasteiger partial charge in [0.1, 0.15) is 12.4 Å². The van der Waals surface area contributed by atoms with Crippen molar-refractivity contribution in [3.63, 3.8) is 0 Å². The molecule has 0 bridgehead atoms. The molecule has 5 heteroatoms. The Morgan fingerprint density at radius 3 is 2.07 bits per heavy atom. The van der Waals surface area contributed by atoms with E-state index in [1.165, 1.54) is 46.1 Å². The highest BCUT2D eigenvalue weighted by Gasteiger charge is 2.27. The van der Waals surface area contributed by atoms with Gasteiger partial charge in [-0.25, -0.2) is 4.79 Å². The number of benzene rings is 4. The lowest BCUT2D eigenvalue weighted by Crippen LogP contribution is -2.30. The fourth-order valence-corrected chi connectivity index (χ4v) is 6.38. The topological polar surface area (TPSA) is 48.0 Å². The maximum atomic E-state index is 12.1. The summed E-state index contributed by atoms with van der Waals surface area (Å²) in [7, 11) is 3.75. The van der Waals surface area contributed by atoms with Gasteiger partial charge in [-0.05, 0) is 103 Å². The minimum Gasteiger partial charge on any atom is -0.492 e. The van der Waals surface area contributed by atoms with Crippen molar-refractivity contribution in [2.75, 3.05) is 33.9 Å². The first-order chi connectivity index (χ1) is 22.0. The van der Waals surface area contributed by atoms with E-state index in [1.807, 2.05) is 24.3 Å². The monoisotopic (exact) mass is 605 g/mol. The molecule has 1 aliphatic carbocycles. The van der Waals surface area contributed by atoms with Crippen LogP contribution in [0.3, 0.4) is 0 Å². The Bertz CT molecular complexity index is 1530. The van der Waals surface area contributed by atoms with Crippen LogP contribution in [0.5, 0.6) is 5.75 Å². The average molecular weight is 606 g/mol. The van der Waals surface area contributed by atoms with Crippen LogP contribution in [0.25, 0.3) is 0 Å². The van der Waals surface area contributed by atoms with Crippen LogP contribution < -0.4 is 4.74 Å². The van der Waals surface area contributed by atoms with Gasteiger partial charge in [-0.3, -0.25) is 4.90 Å².